The van der Waals surface area contributed by atoms with E-state index in [-0.39, 0.29) is 6.04 Å². The molecule has 2 rings (SSSR count). The Morgan fingerprint density at radius 2 is 2.00 bits per heavy atom. The van der Waals surface area contributed by atoms with Crippen molar-refractivity contribution >= 4 is 5.69 Å². The highest BCUT2D eigenvalue weighted by Crippen LogP contribution is 2.26. The molecular formula is C16H26N2O. The van der Waals surface area contributed by atoms with Crippen LogP contribution in [0.2, 0.25) is 0 Å². The van der Waals surface area contributed by atoms with Crippen LogP contribution in [0.1, 0.15) is 31.7 Å². The highest BCUT2D eigenvalue weighted by molar-refractivity contribution is 5.54. The van der Waals surface area contributed by atoms with Crippen molar-refractivity contribution in [2.24, 2.45) is 5.73 Å². The van der Waals surface area contributed by atoms with Crippen LogP contribution >= 0.6 is 0 Å². The third kappa shape index (κ3) is 3.71. The van der Waals surface area contributed by atoms with Gasteiger partial charge in [-0.25, -0.2) is 0 Å². The molecule has 0 bridgehead atoms. The number of rotatable bonds is 5. The molecule has 1 heterocycles. The molecular weight excluding hydrogens is 236 g/mol. The molecule has 106 valence electrons. The molecule has 2 N–H and O–H groups in total. The van der Waals surface area contributed by atoms with Crippen molar-refractivity contribution in [3.05, 3.63) is 29.8 Å². The van der Waals surface area contributed by atoms with E-state index in [1.807, 2.05) is 0 Å². The van der Waals surface area contributed by atoms with Crippen molar-refractivity contribution in [3.8, 4) is 0 Å². The molecule has 1 atom stereocenters. The van der Waals surface area contributed by atoms with Gasteiger partial charge in [0.15, 0.2) is 0 Å². The van der Waals surface area contributed by atoms with Crippen molar-refractivity contribution in [2.75, 3.05) is 25.2 Å². The summed E-state index contributed by atoms with van der Waals surface area (Å²) >= 11 is 0. The summed E-state index contributed by atoms with van der Waals surface area (Å²) in [4.78, 5) is 2.42. The third-order valence-electron chi connectivity index (χ3n) is 4.12. The Balaban J connectivity index is 2.13. The van der Waals surface area contributed by atoms with Crippen LogP contribution in [0.4, 0.5) is 5.69 Å². The van der Waals surface area contributed by atoms with Gasteiger partial charge in [0.2, 0.25) is 0 Å². The van der Waals surface area contributed by atoms with Gasteiger partial charge in [-0.1, -0.05) is 25.1 Å². The Hall–Kier alpha value is -1.06. The van der Waals surface area contributed by atoms with Gasteiger partial charge in [-0.3, -0.25) is 0 Å². The van der Waals surface area contributed by atoms with Crippen LogP contribution in [0, 0.1) is 0 Å². The summed E-state index contributed by atoms with van der Waals surface area (Å²) in [5.41, 5.74) is 8.81. The molecule has 1 aliphatic rings. The summed E-state index contributed by atoms with van der Waals surface area (Å²) < 4.78 is 5.45. The molecule has 0 spiro atoms. The van der Waals surface area contributed by atoms with Crippen LogP contribution in [-0.4, -0.2) is 32.3 Å². The second-order valence-electron chi connectivity index (χ2n) is 5.46. The van der Waals surface area contributed by atoms with Gasteiger partial charge in [0.1, 0.15) is 0 Å². The molecule has 1 unspecified atom stereocenters. The van der Waals surface area contributed by atoms with E-state index in [0.717, 1.165) is 38.9 Å². The fraction of sp³-hybridized carbons (Fsp3) is 0.625. The molecule has 1 saturated heterocycles. The number of nitrogens with zero attached hydrogens (tertiary/aromatic N) is 1. The zero-order valence-corrected chi connectivity index (χ0v) is 12.1. The second-order valence-corrected chi connectivity index (χ2v) is 5.46. The first kappa shape index (κ1) is 14.4. The molecule has 1 aromatic carbocycles. The van der Waals surface area contributed by atoms with Crippen LogP contribution in [-0.2, 0) is 11.2 Å². The normalized spacial score (nSPS) is 18.3. The van der Waals surface area contributed by atoms with Gasteiger partial charge in [-0.05, 0) is 37.3 Å². The van der Waals surface area contributed by atoms with E-state index in [2.05, 4.69) is 43.1 Å². The van der Waals surface area contributed by atoms with Gasteiger partial charge in [-0.2, -0.15) is 0 Å². The number of para-hydroxylation sites is 1. The molecule has 1 aliphatic heterocycles. The predicted octanol–water partition coefficient (Wildman–Crippen LogP) is 2.58. The van der Waals surface area contributed by atoms with E-state index in [1.165, 1.54) is 11.3 Å². The minimum atomic E-state index is 0.254. The molecule has 0 radical (unpaired) electrons. The molecule has 0 amide bonds. The highest BCUT2D eigenvalue weighted by Gasteiger charge is 2.20. The largest absolute Gasteiger partial charge is 0.381 e. The predicted molar refractivity (Wildman–Crippen MR) is 80.7 cm³/mol. The lowest BCUT2D eigenvalue weighted by Gasteiger charge is -2.34. The van der Waals surface area contributed by atoms with Crippen molar-refractivity contribution in [2.45, 2.75) is 44.7 Å². The average Bonchev–Trinajstić information content (AvgIpc) is 2.48. The van der Waals surface area contributed by atoms with Gasteiger partial charge < -0.3 is 15.4 Å². The molecule has 1 fully saturated rings. The quantitative estimate of drug-likeness (QED) is 0.886. The number of nitrogens with two attached hydrogens (primary N) is 1. The summed E-state index contributed by atoms with van der Waals surface area (Å²) in [6, 6.07) is 9.50. The van der Waals surface area contributed by atoms with Gasteiger partial charge in [0.05, 0.1) is 0 Å². The number of hydrogen-bond donors (Lipinski definition) is 1. The van der Waals surface area contributed by atoms with Gasteiger partial charge in [-0.15, -0.1) is 0 Å². The lowest BCUT2D eigenvalue weighted by molar-refractivity contribution is 0.0854. The minimum absolute atomic E-state index is 0.254. The molecule has 3 heteroatoms. The third-order valence-corrected chi connectivity index (χ3v) is 4.12. The highest BCUT2D eigenvalue weighted by atomic mass is 16.5. The Morgan fingerprint density at radius 3 is 2.68 bits per heavy atom. The van der Waals surface area contributed by atoms with E-state index in [0.29, 0.717) is 6.04 Å². The van der Waals surface area contributed by atoms with E-state index >= 15 is 0 Å². The number of anilines is 1. The second kappa shape index (κ2) is 6.92. The summed E-state index contributed by atoms with van der Waals surface area (Å²) in [6.45, 7) is 3.91. The number of benzene rings is 1. The minimum Gasteiger partial charge on any atom is -0.381 e. The van der Waals surface area contributed by atoms with Crippen LogP contribution in [0.15, 0.2) is 24.3 Å². The molecule has 19 heavy (non-hydrogen) atoms. The van der Waals surface area contributed by atoms with E-state index in [9.17, 15) is 0 Å². The summed E-state index contributed by atoms with van der Waals surface area (Å²) in [6.07, 6.45) is 4.21. The molecule has 0 aromatic heterocycles. The van der Waals surface area contributed by atoms with E-state index < -0.39 is 0 Å². The van der Waals surface area contributed by atoms with E-state index in [4.69, 9.17) is 10.5 Å². The summed E-state index contributed by atoms with van der Waals surface area (Å²) in [7, 11) is 2.20. The monoisotopic (exact) mass is 262 g/mol. The van der Waals surface area contributed by atoms with E-state index in [1.54, 1.807) is 0 Å². The maximum atomic E-state index is 6.11. The first-order valence-electron chi connectivity index (χ1n) is 7.36. The maximum Gasteiger partial charge on any atom is 0.0485 e. The molecule has 0 aliphatic carbocycles. The fourth-order valence-electron chi connectivity index (χ4n) is 2.72. The Labute approximate surface area is 116 Å². The van der Waals surface area contributed by atoms with Crippen molar-refractivity contribution in [1.29, 1.82) is 0 Å². The number of ether oxygens (including phenoxy) is 1. The SMILES string of the molecule is CCC(N)Cc1ccccc1N(C)C1CCOCC1. The molecule has 0 saturated carbocycles. The van der Waals surface area contributed by atoms with Crippen LogP contribution < -0.4 is 10.6 Å². The van der Waals surface area contributed by atoms with Crippen LogP contribution in [0.5, 0.6) is 0 Å². The first-order chi connectivity index (χ1) is 9.22. The van der Waals surface area contributed by atoms with Crippen LogP contribution in [0.25, 0.3) is 0 Å². The fourth-order valence-corrected chi connectivity index (χ4v) is 2.72. The molecule has 1 aromatic rings. The van der Waals surface area contributed by atoms with Crippen molar-refractivity contribution < 1.29 is 4.74 Å². The Bertz CT molecular complexity index is 388. The zero-order chi connectivity index (χ0) is 13.7. The number of hydrogen-bond acceptors (Lipinski definition) is 3. The lowest BCUT2D eigenvalue weighted by atomic mass is 10.00. The van der Waals surface area contributed by atoms with Crippen LogP contribution in [0.3, 0.4) is 0 Å². The van der Waals surface area contributed by atoms with Gasteiger partial charge >= 0.3 is 0 Å². The topological polar surface area (TPSA) is 38.5 Å². The van der Waals surface area contributed by atoms with Gasteiger partial charge in [0, 0.05) is 38.0 Å². The van der Waals surface area contributed by atoms with Crippen molar-refractivity contribution in [3.63, 3.8) is 0 Å². The average molecular weight is 262 g/mol. The zero-order valence-electron chi connectivity index (χ0n) is 12.1. The Morgan fingerprint density at radius 1 is 1.32 bits per heavy atom. The maximum absolute atomic E-state index is 6.11. The molecule has 3 nitrogen and oxygen atoms in total. The first-order valence-corrected chi connectivity index (χ1v) is 7.36. The summed E-state index contributed by atoms with van der Waals surface area (Å²) in [5, 5.41) is 0. The lowest BCUT2D eigenvalue weighted by Crippen LogP contribution is -2.37. The standard InChI is InChI=1S/C16H26N2O/c1-3-14(17)12-13-6-4-5-7-16(13)18(2)15-8-10-19-11-9-15/h4-7,14-15H,3,8-12,17H2,1-2H3. The Kier molecular flexibility index (Phi) is 5.23. The summed E-state index contributed by atoms with van der Waals surface area (Å²) in [5.74, 6) is 0. The van der Waals surface area contributed by atoms with Crippen molar-refractivity contribution in [1.82, 2.24) is 0 Å². The van der Waals surface area contributed by atoms with Gasteiger partial charge in [0.25, 0.3) is 0 Å². The smallest absolute Gasteiger partial charge is 0.0485 e.